The van der Waals surface area contributed by atoms with Crippen molar-refractivity contribution in [2.75, 3.05) is 24.7 Å². The Hall–Kier alpha value is -2.63. The molecular formula is C15H14N4O2. The molecule has 1 aliphatic rings. The number of amides is 1. The monoisotopic (exact) mass is 282 g/mol. The zero-order valence-electron chi connectivity index (χ0n) is 11.6. The molecule has 4 rings (SSSR count). The van der Waals surface area contributed by atoms with E-state index in [1.54, 1.807) is 4.90 Å². The largest absolute Gasteiger partial charge is 0.450 e. The average Bonchev–Trinajstić information content (AvgIpc) is 3.07. The summed E-state index contributed by atoms with van der Waals surface area (Å²) >= 11 is 0. The maximum absolute atomic E-state index is 11.9. The number of para-hydroxylation sites is 1. The van der Waals surface area contributed by atoms with Gasteiger partial charge in [0.15, 0.2) is 11.4 Å². The Morgan fingerprint density at radius 3 is 2.95 bits per heavy atom. The second-order valence-corrected chi connectivity index (χ2v) is 5.06. The van der Waals surface area contributed by atoms with Crippen molar-refractivity contribution in [3.05, 3.63) is 30.6 Å². The van der Waals surface area contributed by atoms with Gasteiger partial charge in [-0.15, -0.1) is 0 Å². The summed E-state index contributed by atoms with van der Waals surface area (Å²) < 4.78 is 5.90. The van der Waals surface area contributed by atoms with Gasteiger partial charge in [0.1, 0.15) is 24.0 Å². The van der Waals surface area contributed by atoms with Gasteiger partial charge in [-0.1, -0.05) is 12.1 Å². The minimum absolute atomic E-state index is 0.111. The van der Waals surface area contributed by atoms with E-state index in [9.17, 15) is 4.79 Å². The van der Waals surface area contributed by atoms with E-state index in [4.69, 9.17) is 4.42 Å². The van der Waals surface area contributed by atoms with E-state index in [1.165, 1.54) is 6.33 Å². The Kier molecular flexibility index (Phi) is 2.57. The molecule has 6 nitrogen and oxygen atoms in total. The average molecular weight is 282 g/mol. The molecule has 1 aliphatic heterocycles. The number of nitrogens with zero attached hydrogens (tertiary/aromatic N) is 4. The van der Waals surface area contributed by atoms with Gasteiger partial charge >= 0.3 is 0 Å². The minimum atomic E-state index is 0.111. The lowest BCUT2D eigenvalue weighted by Gasteiger charge is -2.16. The first-order valence-electron chi connectivity index (χ1n) is 6.93. The third kappa shape index (κ3) is 1.75. The SMILES string of the molecule is CCN1CN(c2ncnc3c2oc2ccccc23)CC1=O. The van der Waals surface area contributed by atoms with Crippen LogP contribution < -0.4 is 4.90 Å². The molecule has 0 bridgehead atoms. The van der Waals surface area contributed by atoms with Crippen molar-refractivity contribution < 1.29 is 9.21 Å². The van der Waals surface area contributed by atoms with E-state index in [0.29, 0.717) is 31.2 Å². The van der Waals surface area contributed by atoms with Crippen LogP contribution in [-0.2, 0) is 4.79 Å². The predicted molar refractivity (Wildman–Crippen MR) is 78.9 cm³/mol. The molecule has 1 amide bonds. The number of fused-ring (bicyclic) bond motifs is 3. The Balaban J connectivity index is 1.88. The molecule has 0 saturated carbocycles. The van der Waals surface area contributed by atoms with Crippen LogP contribution >= 0.6 is 0 Å². The fraction of sp³-hybridized carbons (Fsp3) is 0.267. The number of benzene rings is 1. The second kappa shape index (κ2) is 4.44. The van der Waals surface area contributed by atoms with Crippen molar-refractivity contribution in [2.45, 2.75) is 6.92 Å². The smallest absolute Gasteiger partial charge is 0.243 e. The molecule has 106 valence electrons. The van der Waals surface area contributed by atoms with Crippen molar-refractivity contribution in [3.8, 4) is 0 Å². The number of likely N-dealkylation sites (N-methyl/N-ethyl adjacent to an activating group) is 1. The van der Waals surface area contributed by atoms with Crippen LogP contribution in [-0.4, -0.2) is 40.5 Å². The molecule has 1 fully saturated rings. The third-order valence-corrected chi connectivity index (χ3v) is 3.84. The van der Waals surface area contributed by atoms with Gasteiger partial charge in [-0.25, -0.2) is 9.97 Å². The molecule has 1 aromatic carbocycles. The van der Waals surface area contributed by atoms with E-state index in [2.05, 4.69) is 9.97 Å². The van der Waals surface area contributed by atoms with Crippen LogP contribution in [0.15, 0.2) is 35.0 Å². The zero-order valence-corrected chi connectivity index (χ0v) is 11.6. The molecule has 0 radical (unpaired) electrons. The van der Waals surface area contributed by atoms with Crippen molar-refractivity contribution in [3.63, 3.8) is 0 Å². The molecule has 2 aromatic heterocycles. The highest BCUT2D eigenvalue weighted by Crippen LogP contribution is 2.32. The van der Waals surface area contributed by atoms with Gasteiger partial charge in [-0.2, -0.15) is 0 Å². The predicted octanol–water partition coefficient (Wildman–Crippen LogP) is 2.00. The first-order chi connectivity index (χ1) is 10.3. The Labute approximate surface area is 121 Å². The lowest BCUT2D eigenvalue weighted by atomic mass is 10.2. The normalized spacial score (nSPS) is 15.6. The van der Waals surface area contributed by atoms with Crippen LogP contribution in [0.25, 0.3) is 22.1 Å². The Morgan fingerprint density at radius 1 is 1.29 bits per heavy atom. The maximum Gasteiger partial charge on any atom is 0.243 e. The van der Waals surface area contributed by atoms with Crippen LogP contribution in [0.1, 0.15) is 6.92 Å². The summed E-state index contributed by atoms with van der Waals surface area (Å²) in [5.74, 6) is 0.792. The molecular weight excluding hydrogens is 268 g/mol. The van der Waals surface area contributed by atoms with E-state index in [0.717, 1.165) is 16.5 Å². The number of hydrogen-bond acceptors (Lipinski definition) is 5. The summed E-state index contributed by atoms with van der Waals surface area (Å²) in [6.45, 7) is 3.54. The van der Waals surface area contributed by atoms with Crippen molar-refractivity contribution in [1.82, 2.24) is 14.9 Å². The van der Waals surface area contributed by atoms with Crippen LogP contribution in [0, 0.1) is 0 Å². The van der Waals surface area contributed by atoms with Gasteiger partial charge in [0, 0.05) is 11.9 Å². The van der Waals surface area contributed by atoms with Crippen LogP contribution in [0.5, 0.6) is 0 Å². The molecule has 6 heteroatoms. The van der Waals surface area contributed by atoms with E-state index >= 15 is 0 Å². The molecule has 0 aliphatic carbocycles. The summed E-state index contributed by atoms with van der Waals surface area (Å²) in [5.41, 5.74) is 2.22. The van der Waals surface area contributed by atoms with Crippen LogP contribution in [0.3, 0.4) is 0 Å². The van der Waals surface area contributed by atoms with Crippen molar-refractivity contribution in [1.29, 1.82) is 0 Å². The van der Waals surface area contributed by atoms with Crippen molar-refractivity contribution >= 4 is 33.8 Å². The quantitative estimate of drug-likeness (QED) is 0.719. The zero-order chi connectivity index (χ0) is 14.4. The molecule has 0 N–H and O–H groups in total. The molecule has 0 spiro atoms. The van der Waals surface area contributed by atoms with E-state index in [1.807, 2.05) is 36.1 Å². The highest BCUT2D eigenvalue weighted by molar-refractivity contribution is 6.06. The highest BCUT2D eigenvalue weighted by atomic mass is 16.3. The summed E-state index contributed by atoms with van der Waals surface area (Å²) in [6, 6.07) is 7.77. The molecule has 3 aromatic rings. The van der Waals surface area contributed by atoms with Crippen molar-refractivity contribution in [2.24, 2.45) is 0 Å². The first-order valence-corrected chi connectivity index (χ1v) is 6.93. The summed E-state index contributed by atoms with van der Waals surface area (Å²) in [7, 11) is 0. The van der Waals surface area contributed by atoms with Crippen LogP contribution in [0.4, 0.5) is 5.82 Å². The fourth-order valence-corrected chi connectivity index (χ4v) is 2.75. The lowest BCUT2D eigenvalue weighted by Crippen LogP contribution is -2.27. The summed E-state index contributed by atoms with van der Waals surface area (Å²) in [4.78, 5) is 24.3. The number of carbonyl (C=O) groups is 1. The number of rotatable bonds is 2. The van der Waals surface area contributed by atoms with E-state index < -0.39 is 0 Å². The Morgan fingerprint density at radius 2 is 2.14 bits per heavy atom. The number of aromatic nitrogens is 2. The third-order valence-electron chi connectivity index (χ3n) is 3.84. The van der Waals surface area contributed by atoms with Gasteiger partial charge in [0.2, 0.25) is 5.91 Å². The summed E-state index contributed by atoms with van der Waals surface area (Å²) in [5, 5.41) is 0.967. The van der Waals surface area contributed by atoms with E-state index in [-0.39, 0.29) is 5.91 Å². The summed E-state index contributed by atoms with van der Waals surface area (Å²) in [6.07, 6.45) is 1.53. The molecule has 3 heterocycles. The number of carbonyl (C=O) groups excluding carboxylic acids is 1. The number of hydrogen-bond donors (Lipinski definition) is 0. The number of anilines is 1. The molecule has 1 saturated heterocycles. The standard InChI is InChI=1S/C15H14N4O2/c1-2-18-9-19(7-12(18)20)15-14-13(16-8-17-15)10-5-3-4-6-11(10)21-14/h3-6,8H,2,7,9H2,1H3. The first kappa shape index (κ1) is 12.1. The van der Waals surface area contributed by atoms with Crippen LogP contribution in [0.2, 0.25) is 0 Å². The molecule has 0 atom stereocenters. The lowest BCUT2D eigenvalue weighted by molar-refractivity contribution is -0.126. The molecule has 21 heavy (non-hydrogen) atoms. The van der Waals surface area contributed by atoms with Gasteiger partial charge in [0.05, 0.1) is 6.67 Å². The van der Waals surface area contributed by atoms with Gasteiger partial charge < -0.3 is 14.2 Å². The Bertz CT molecular complexity index is 842. The maximum atomic E-state index is 11.9. The minimum Gasteiger partial charge on any atom is -0.450 e. The van der Waals surface area contributed by atoms with Gasteiger partial charge in [0.25, 0.3) is 0 Å². The number of furan rings is 1. The molecule has 0 unspecified atom stereocenters. The second-order valence-electron chi connectivity index (χ2n) is 5.06. The fourth-order valence-electron chi connectivity index (χ4n) is 2.75. The topological polar surface area (TPSA) is 62.5 Å². The van der Waals surface area contributed by atoms with Gasteiger partial charge in [-0.05, 0) is 19.1 Å². The van der Waals surface area contributed by atoms with Gasteiger partial charge in [-0.3, -0.25) is 4.79 Å². The highest BCUT2D eigenvalue weighted by Gasteiger charge is 2.29.